The van der Waals surface area contributed by atoms with Gasteiger partial charge in [-0.15, -0.1) is 0 Å². The van der Waals surface area contributed by atoms with Crippen LogP contribution < -0.4 is 0 Å². The summed E-state index contributed by atoms with van der Waals surface area (Å²) in [4.78, 5) is 14.1. The van der Waals surface area contributed by atoms with Crippen molar-refractivity contribution in [2.24, 2.45) is 0 Å². The number of nitrogens with zero attached hydrogens (tertiary/aromatic N) is 1. The van der Waals surface area contributed by atoms with Crippen LogP contribution in [0.1, 0.15) is 42.3 Å². The average molecular weight is 237 g/mol. The zero-order chi connectivity index (χ0) is 12.4. The topological polar surface area (TPSA) is 53.7 Å². The maximum atomic E-state index is 12.3. The Labute approximate surface area is 101 Å². The summed E-state index contributed by atoms with van der Waals surface area (Å²) in [5, 5.41) is 9.44. The van der Waals surface area contributed by atoms with E-state index in [4.69, 9.17) is 4.42 Å². The summed E-state index contributed by atoms with van der Waals surface area (Å²) in [7, 11) is 0. The molecular weight excluding hydrogens is 218 g/mol. The fraction of sp³-hybridized carbons (Fsp3) is 0.615. The molecule has 17 heavy (non-hydrogen) atoms. The minimum atomic E-state index is -0.369. The molecule has 0 saturated carbocycles. The minimum absolute atomic E-state index is 0.0457. The second-order valence-electron chi connectivity index (χ2n) is 4.81. The molecule has 1 fully saturated rings. The third kappa shape index (κ3) is 2.52. The van der Waals surface area contributed by atoms with Crippen LogP contribution in [-0.4, -0.2) is 34.6 Å². The zero-order valence-electron chi connectivity index (χ0n) is 10.3. The Morgan fingerprint density at radius 2 is 2.47 bits per heavy atom. The van der Waals surface area contributed by atoms with Crippen molar-refractivity contribution in [3.8, 4) is 0 Å². The molecule has 1 amide bonds. The van der Waals surface area contributed by atoms with Crippen LogP contribution >= 0.6 is 0 Å². The molecule has 2 heterocycles. The first-order chi connectivity index (χ1) is 8.09. The summed E-state index contributed by atoms with van der Waals surface area (Å²) in [6, 6.07) is 1.94. The molecular formula is C13H19NO3. The van der Waals surface area contributed by atoms with Gasteiger partial charge in [-0.2, -0.15) is 0 Å². The second-order valence-corrected chi connectivity index (χ2v) is 4.81. The molecule has 1 aromatic rings. The molecule has 1 aliphatic heterocycles. The number of aliphatic hydroxyl groups excluding tert-OH is 1. The van der Waals surface area contributed by atoms with Gasteiger partial charge >= 0.3 is 0 Å². The molecule has 0 bridgehead atoms. The Kier molecular flexibility index (Phi) is 3.52. The number of aryl methyl sites for hydroxylation is 1. The van der Waals surface area contributed by atoms with Crippen molar-refractivity contribution in [3.63, 3.8) is 0 Å². The number of rotatable bonds is 3. The Morgan fingerprint density at radius 1 is 1.71 bits per heavy atom. The number of carbonyl (C=O) groups excluding carboxylic acids is 1. The molecule has 0 aromatic carbocycles. The standard InChI is InChI=1S/C13H19NO3/c1-9-5-7-17-12(9)13(16)14-6-3-4-11(14)8-10(2)15/h5,7,10-11,15H,3-4,6,8H2,1-2H3. The number of aliphatic hydroxyl groups is 1. The van der Waals surface area contributed by atoms with Gasteiger partial charge in [-0.05, 0) is 39.2 Å². The van der Waals surface area contributed by atoms with Crippen LogP contribution in [0.15, 0.2) is 16.7 Å². The monoisotopic (exact) mass is 237 g/mol. The first kappa shape index (κ1) is 12.2. The molecule has 2 rings (SSSR count). The molecule has 4 heteroatoms. The highest BCUT2D eigenvalue weighted by Gasteiger charge is 2.32. The molecule has 0 aliphatic carbocycles. The highest BCUT2D eigenvalue weighted by molar-refractivity contribution is 5.93. The number of furan rings is 1. The van der Waals surface area contributed by atoms with E-state index < -0.39 is 0 Å². The van der Waals surface area contributed by atoms with E-state index >= 15 is 0 Å². The first-order valence-electron chi connectivity index (χ1n) is 6.12. The van der Waals surface area contributed by atoms with Crippen molar-refractivity contribution in [3.05, 3.63) is 23.7 Å². The van der Waals surface area contributed by atoms with Crippen molar-refractivity contribution < 1.29 is 14.3 Å². The molecule has 1 saturated heterocycles. The van der Waals surface area contributed by atoms with Gasteiger partial charge in [0.05, 0.1) is 12.4 Å². The Bertz CT molecular complexity index is 397. The summed E-state index contributed by atoms with van der Waals surface area (Å²) in [6.45, 7) is 4.39. The number of carbonyl (C=O) groups is 1. The van der Waals surface area contributed by atoms with Gasteiger partial charge in [0.25, 0.3) is 5.91 Å². The molecule has 1 aromatic heterocycles. The lowest BCUT2D eigenvalue weighted by Gasteiger charge is -2.25. The van der Waals surface area contributed by atoms with Gasteiger partial charge in [-0.1, -0.05) is 0 Å². The summed E-state index contributed by atoms with van der Waals surface area (Å²) >= 11 is 0. The predicted molar refractivity (Wildman–Crippen MR) is 63.8 cm³/mol. The minimum Gasteiger partial charge on any atom is -0.459 e. The maximum absolute atomic E-state index is 12.3. The van der Waals surface area contributed by atoms with Gasteiger partial charge in [-0.3, -0.25) is 4.79 Å². The van der Waals surface area contributed by atoms with Crippen LogP contribution in [0.5, 0.6) is 0 Å². The van der Waals surface area contributed by atoms with Crippen LogP contribution in [0.3, 0.4) is 0 Å². The van der Waals surface area contributed by atoms with Crippen molar-refractivity contribution in [2.75, 3.05) is 6.54 Å². The first-order valence-corrected chi connectivity index (χ1v) is 6.12. The van der Waals surface area contributed by atoms with E-state index in [2.05, 4.69) is 0 Å². The zero-order valence-corrected chi connectivity index (χ0v) is 10.3. The third-order valence-electron chi connectivity index (χ3n) is 3.31. The van der Waals surface area contributed by atoms with Crippen molar-refractivity contribution in [1.29, 1.82) is 0 Å². The van der Waals surface area contributed by atoms with Gasteiger partial charge in [0.2, 0.25) is 0 Å². The summed E-state index contributed by atoms with van der Waals surface area (Å²) < 4.78 is 5.24. The van der Waals surface area contributed by atoms with Crippen LogP contribution in [0.4, 0.5) is 0 Å². The highest BCUT2D eigenvalue weighted by atomic mass is 16.3. The van der Waals surface area contributed by atoms with E-state index in [1.165, 1.54) is 0 Å². The van der Waals surface area contributed by atoms with Gasteiger partial charge in [0.15, 0.2) is 5.76 Å². The van der Waals surface area contributed by atoms with Gasteiger partial charge in [-0.25, -0.2) is 0 Å². The van der Waals surface area contributed by atoms with E-state index in [0.29, 0.717) is 12.2 Å². The lowest BCUT2D eigenvalue weighted by atomic mass is 10.1. The Hall–Kier alpha value is -1.29. The van der Waals surface area contributed by atoms with Crippen LogP contribution in [0.2, 0.25) is 0 Å². The van der Waals surface area contributed by atoms with Crippen LogP contribution in [0, 0.1) is 6.92 Å². The molecule has 4 nitrogen and oxygen atoms in total. The molecule has 1 aliphatic rings. The molecule has 1 N–H and O–H groups in total. The van der Waals surface area contributed by atoms with Gasteiger partial charge in [0, 0.05) is 18.2 Å². The van der Waals surface area contributed by atoms with E-state index in [1.54, 1.807) is 19.3 Å². The highest BCUT2D eigenvalue weighted by Crippen LogP contribution is 2.24. The van der Waals surface area contributed by atoms with E-state index in [9.17, 15) is 9.90 Å². The summed E-state index contributed by atoms with van der Waals surface area (Å²) in [5.41, 5.74) is 0.873. The molecule has 0 spiro atoms. The SMILES string of the molecule is Cc1ccoc1C(=O)N1CCCC1CC(C)O. The smallest absolute Gasteiger partial charge is 0.290 e. The van der Waals surface area contributed by atoms with Crippen molar-refractivity contribution in [1.82, 2.24) is 4.90 Å². The quantitative estimate of drug-likeness (QED) is 0.874. The average Bonchev–Trinajstić information content (AvgIpc) is 2.85. The van der Waals surface area contributed by atoms with Gasteiger partial charge in [0.1, 0.15) is 0 Å². The normalized spacial score (nSPS) is 21.8. The third-order valence-corrected chi connectivity index (χ3v) is 3.31. The lowest BCUT2D eigenvalue weighted by molar-refractivity contribution is 0.0650. The number of amides is 1. The molecule has 2 unspecified atom stereocenters. The Balaban J connectivity index is 2.11. The molecule has 2 atom stereocenters. The number of hydrogen-bond donors (Lipinski definition) is 1. The van der Waals surface area contributed by atoms with E-state index in [-0.39, 0.29) is 18.1 Å². The van der Waals surface area contributed by atoms with Gasteiger partial charge < -0.3 is 14.4 Å². The van der Waals surface area contributed by atoms with Crippen LogP contribution in [0.25, 0.3) is 0 Å². The molecule has 0 radical (unpaired) electrons. The number of likely N-dealkylation sites (tertiary alicyclic amines) is 1. The fourth-order valence-corrected chi connectivity index (χ4v) is 2.46. The summed E-state index contributed by atoms with van der Waals surface area (Å²) in [5.74, 6) is 0.387. The second kappa shape index (κ2) is 4.92. The fourth-order valence-electron chi connectivity index (χ4n) is 2.46. The summed E-state index contributed by atoms with van der Waals surface area (Å²) in [6.07, 6.45) is 3.79. The maximum Gasteiger partial charge on any atom is 0.290 e. The Morgan fingerprint density at radius 3 is 3.06 bits per heavy atom. The largest absolute Gasteiger partial charge is 0.459 e. The van der Waals surface area contributed by atoms with Crippen LogP contribution in [-0.2, 0) is 0 Å². The van der Waals surface area contributed by atoms with E-state index in [1.807, 2.05) is 11.8 Å². The van der Waals surface area contributed by atoms with Crippen molar-refractivity contribution >= 4 is 5.91 Å². The number of hydrogen-bond acceptors (Lipinski definition) is 3. The van der Waals surface area contributed by atoms with E-state index in [0.717, 1.165) is 24.9 Å². The molecule has 94 valence electrons. The van der Waals surface area contributed by atoms with Crippen molar-refractivity contribution in [2.45, 2.75) is 45.3 Å². The predicted octanol–water partition coefficient (Wildman–Crippen LogP) is 1.96. The lowest BCUT2D eigenvalue weighted by Crippen LogP contribution is -2.37.